The molecule has 0 atom stereocenters. The number of nitrogens with one attached hydrogen (secondary N) is 1. The highest BCUT2D eigenvalue weighted by molar-refractivity contribution is 9.10. The summed E-state index contributed by atoms with van der Waals surface area (Å²) in [6.45, 7) is 3.80. The fourth-order valence-electron chi connectivity index (χ4n) is 3.02. The number of carbonyl (C=O) groups excluding carboxylic acids is 2. The largest absolute Gasteiger partial charge is 0.332 e. The number of aryl methyl sites for hydroxylation is 1. The Labute approximate surface area is 177 Å². The van der Waals surface area contributed by atoms with Crippen molar-refractivity contribution in [1.82, 2.24) is 19.7 Å². The van der Waals surface area contributed by atoms with E-state index >= 15 is 0 Å². The molecule has 2 aromatic heterocycles. The van der Waals surface area contributed by atoms with Gasteiger partial charge in [0.25, 0.3) is 5.91 Å². The molecule has 0 spiro atoms. The summed E-state index contributed by atoms with van der Waals surface area (Å²) in [6, 6.07) is 11.1. The maximum Gasteiger partial charge on any atom is 0.257 e. The van der Waals surface area contributed by atoms with Gasteiger partial charge in [0.15, 0.2) is 5.82 Å². The number of likely N-dealkylation sites (N-methyl/N-ethyl adjacent to an activating group) is 1. The van der Waals surface area contributed by atoms with Crippen LogP contribution in [0.5, 0.6) is 0 Å². The zero-order chi connectivity index (χ0) is 21.0. The van der Waals surface area contributed by atoms with Gasteiger partial charge in [0.2, 0.25) is 5.91 Å². The van der Waals surface area contributed by atoms with Crippen molar-refractivity contribution in [2.24, 2.45) is 0 Å². The Bertz CT molecular complexity index is 1030. The molecule has 0 saturated heterocycles. The SMILES string of the molecule is CCc1c(C(=O)N(C)CC(=O)Nc2ccc(Br)cc2C)cnn1-c1ccccn1. The lowest BCUT2D eigenvalue weighted by Gasteiger charge is -2.17. The Morgan fingerprint density at radius 3 is 2.69 bits per heavy atom. The van der Waals surface area contributed by atoms with Crippen molar-refractivity contribution in [2.45, 2.75) is 20.3 Å². The van der Waals surface area contributed by atoms with E-state index in [0.717, 1.165) is 21.4 Å². The van der Waals surface area contributed by atoms with Crippen LogP contribution in [-0.4, -0.2) is 45.1 Å². The third-order valence-corrected chi connectivity index (χ3v) is 4.98. The monoisotopic (exact) mass is 455 g/mol. The lowest BCUT2D eigenvalue weighted by atomic mass is 10.2. The molecule has 0 saturated carbocycles. The second-order valence-electron chi connectivity index (χ2n) is 6.63. The minimum absolute atomic E-state index is 0.0632. The average molecular weight is 456 g/mol. The van der Waals surface area contributed by atoms with Gasteiger partial charge in [-0.1, -0.05) is 28.9 Å². The van der Waals surface area contributed by atoms with Crippen LogP contribution in [0.25, 0.3) is 5.82 Å². The van der Waals surface area contributed by atoms with Crippen LogP contribution in [0.3, 0.4) is 0 Å². The van der Waals surface area contributed by atoms with Crippen molar-refractivity contribution in [3.8, 4) is 5.82 Å². The van der Waals surface area contributed by atoms with Gasteiger partial charge < -0.3 is 10.2 Å². The summed E-state index contributed by atoms with van der Waals surface area (Å²) in [4.78, 5) is 31.0. The topological polar surface area (TPSA) is 80.1 Å². The van der Waals surface area contributed by atoms with E-state index in [1.807, 2.05) is 50.2 Å². The summed E-state index contributed by atoms with van der Waals surface area (Å²) < 4.78 is 2.60. The van der Waals surface area contributed by atoms with Gasteiger partial charge in [0.05, 0.1) is 24.0 Å². The number of aromatic nitrogens is 3. The summed E-state index contributed by atoms with van der Waals surface area (Å²) in [5.41, 5.74) is 2.88. The average Bonchev–Trinajstić information content (AvgIpc) is 3.14. The number of pyridine rings is 1. The van der Waals surface area contributed by atoms with Gasteiger partial charge in [-0.15, -0.1) is 0 Å². The third-order valence-electron chi connectivity index (χ3n) is 4.49. The Balaban J connectivity index is 1.73. The molecular formula is C21H22BrN5O2. The number of carbonyl (C=O) groups is 2. The highest BCUT2D eigenvalue weighted by atomic mass is 79.9. The predicted octanol–water partition coefficient (Wildman–Crippen LogP) is 3.61. The molecule has 0 aliphatic heterocycles. The number of rotatable bonds is 6. The Morgan fingerprint density at radius 1 is 1.24 bits per heavy atom. The van der Waals surface area contributed by atoms with E-state index in [9.17, 15) is 9.59 Å². The molecule has 8 heteroatoms. The van der Waals surface area contributed by atoms with Gasteiger partial charge in [-0.25, -0.2) is 9.67 Å². The first-order valence-corrected chi connectivity index (χ1v) is 9.99. The van der Waals surface area contributed by atoms with Gasteiger partial charge in [0.1, 0.15) is 0 Å². The van der Waals surface area contributed by atoms with E-state index in [2.05, 4.69) is 31.3 Å². The Kier molecular flexibility index (Phi) is 6.43. The first kappa shape index (κ1) is 20.7. The van der Waals surface area contributed by atoms with E-state index < -0.39 is 0 Å². The molecule has 0 radical (unpaired) electrons. The molecule has 2 amide bonds. The number of benzene rings is 1. The second kappa shape index (κ2) is 9.00. The fourth-order valence-corrected chi connectivity index (χ4v) is 3.49. The van der Waals surface area contributed by atoms with Crippen molar-refractivity contribution in [2.75, 3.05) is 18.9 Å². The van der Waals surface area contributed by atoms with E-state index in [4.69, 9.17) is 0 Å². The molecule has 0 fully saturated rings. The van der Waals surface area contributed by atoms with Crippen LogP contribution >= 0.6 is 15.9 Å². The second-order valence-corrected chi connectivity index (χ2v) is 7.54. The van der Waals surface area contributed by atoms with Crippen LogP contribution < -0.4 is 5.32 Å². The standard InChI is InChI=1S/C21H22BrN5O2/c1-4-18-16(12-24-27(18)19-7-5-6-10-23-19)21(29)26(3)13-20(28)25-17-9-8-15(22)11-14(17)2/h5-12H,4,13H2,1-3H3,(H,25,28). The first-order valence-electron chi connectivity index (χ1n) is 9.20. The summed E-state index contributed by atoms with van der Waals surface area (Å²) in [7, 11) is 1.61. The van der Waals surface area contributed by atoms with Crippen LogP contribution in [0.1, 0.15) is 28.5 Å². The number of hydrogen-bond acceptors (Lipinski definition) is 4. The zero-order valence-corrected chi connectivity index (χ0v) is 18.1. The number of anilines is 1. The van der Waals surface area contributed by atoms with Gasteiger partial charge in [-0.2, -0.15) is 5.10 Å². The quantitative estimate of drug-likeness (QED) is 0.615. The highest BCUT2D eigenvalue weighted by Crippen LogP contribution is 2.20. The normalized spacial score (nSPS) is 10.6. The van der Waals surface area contributed by atoms with Crippen molar-refractivity contribution in [1.29, 1.82) is 0 Å². The molecule has 3 rings (SSSR count). The summed E-state index contributed by atoms with van der Waals surface area (Å²) in [5, 5.41) is 7.18. The number of halogens is 1. The van der Waals surface area contributed by atoms with Crippen LogP contribution in [-0.2, 0) is 11.2 Å². The lowest BCUT2D eigenvalue weighted by Crippen LogP contribution is -2.35. The maximum atomic E-state index is 12.9. The van der Waals surface area contributed by atoms with Crippen LogP contribution in [0.4, 0.5) is 5.69 Å². The minimum atomic E-state index is -0.263. The summed E-state index contributed by atoms with van der Waals surface area (Å²) in [5.74, 6) is 0.127. The third kappa shape index (κ3) is 4.71. The molecule has 0 bridgehead atoms. The van der Waals surface area contributed by atoms with E-state index in [-0.39, 0.29) is 18.4 Å². The zero-order valence-electron chi connectivity index (χ0n) is 16.5. The van der Waals surface area contributed by atoms with E-state index in [1.165, 1.54) is 11.1 Å². The molecule has 29 heavy (non-hydrogen) atoms. The summed E-state index contributed by atoms with van der Waals surface area (Å²) >= 11 is 3.40. The highest BCUT2D eigenvalue weighted by Gasteiger charge is 2.22. The number of hydrogen-bond donors (Lipinski definition) is 1. The molecule has 0 aliphatic carbocycles. The van der Waals surface area contributed by atoms with Crippen LogP contribution in [0.2, 0.25) is 0 Å². The molecule has 2 heterocycles. The molecule has 150 valence electrons. The molecule has 0 unspecified atom stereocenters. The van der Waals surface area contributed by atoms with Gasteiger partial charge in [0, 0.05) is 23.4 Å². The molecule has 7 nitrogen and oxygen atoms in total. The molecule has 0 aliphatic rings. The maximum absolute atomic E-state index is 12.9. The minimum Gasteiger partial charge on any atom is -0.332 e. The van der Waals surface area contributed by atoms with Crippen molar-refractivity contribution in [3.05, 3.63) is 70.1 Å². The smallest absolute Gasteiger partial charge is 0.257 e. The van der Waals surface area contributed by atoms with Gasteiger partial charge >= 0.3 is 0 Å². The molecule has 1 aromatic carbocycles. The van der Waals surface area contributed by atoms with Crippen molar-refractivity contribution >= 4 is 33.4 Å². The lowest BCUT2D eigenvalue weighted by molar-refractivity contribution is -0.116. The van der Waals surface area contributed by atoms with Crippen molar-refractivity contribution in [3.63, 3.8) is 0 Å². The van der Waals surface area contributed by atoms with Crippen LogP contribution in [0.15, 0.2) is 53.3 Å². The van der Waals surface area contributed by atoms with Crippen LogP contribution in [0, 0.1) is 6.92 Å². The Morgan fingerprint density at radius 2 is 2.03 bits per heavy atom. The molecular weight excluding hydrogens is 434 g/mol. The molecule has 1 N–H and O–H groups in total. The number of nitrogens with zero attached hydrogens (tertiary/aromatic N) is 4. The fraction of sp³-hybridized carbons (Fsp3) is 0.238. The predicted molar refractivity (Wildman–Crippen MR) is 115 cm³/mol. The van der Waals surface area contributed by atoms with Gasteiger partial charge in [-0.05, 0) is 49.2 Å². The summed E-state index contributed by atoms with van der Waals surface area (Å²) in [6.07, 6.45) is 3.82. The van der Waals surface area contributed by atoms with E-state index in [1.54, 1.807) is 17.9 Å². The van der Waals surface area contributed by atoms with Gasteiger partial charge in [-0.3, -0.25) is 9.59 Å². The Hall–Kier alpha value is -3.00. The van der Waals surface area contributed by atoms with Crippen molar-refractivity contribution < 1.29 is 9.59 Å². The van der Waals surface area contributed by atoms with E-state index in [0.29, 0.717) is 17.8 Å². The molecule has 3 aromatic rings. The number of amides is 2. The first-order chi connectivity index (χ1) is 13.9.